The van der Waals surface area contributed by atoms with E-state index in [9.17, 15) is 9.59 Å². The second-order valence-corrected chi connectivity index (χ2v) is 6.62. The zero-order valence-corrected chi connectivity index (χ0v) is 15.6. The van der Waals surface area contributed by atoms with Crippen molar-refractivity contribution in [2.45, 2.75) is 13.8 Å². The summed E-state index contributed by atoms with van der Waals surface area (Å²) in [6.45, 7) is 3.73. The number of carbonyl (C=O) groups excluding carboxylic acids is 1. The Hall–Kier alpha value is -3.66. The predicted octanol–water partition coefficient (Wildman–Crippen LogP) is 5.30. The average Bonchev–Trinajstić information content (AvgIpc) is 2.69. The molecule has 1 aromatic heterocycles. The van der Waals surface area contributed by atoms with Gasteiger partial charge < -0.3 is 9.15 Å². The van der Waals surface area contributed by atoms with Gasteiger partial charge in [-0.25, -0.2) is 9.59 Å². The van der Waals surface area contributed by atoms with Gasteiger partial charge in [0.15, 0.2) is 0 Å². The van der Waals surface area contributed by atoms with Crippen molar-refractivity contribution in [1.82, 2.24) is 0 Å². The number of esters is 1. The second-order valence-electron chi connectivity index (χ2n) is 6.62. The third kappa shape index (κ3) is 3.21. The van der Waals surface area contributed by atoms with Crippen molar-refractivity contribution in [1.29, 1.82) is 0 Å². The van der Waals surface area contributed by atoms with E-state index in [1.807, 2.05) is 56.3 Å². The first-order valence-corrected chi connectivity index (χ1v) is 8.95. The molecule has 4 heteroatoms. The van der Waals surface area contributed by atoms with Crippen LogP contribution < -0.4 is 10.4 Å². The second kappa shape index (κ2) is 7.16. The molecule has 0 radical (unpaired) electrons. The molecular weight excluding hydrogens is 352 g/mol. The van der Waals surface area contributed by atoms with Crippen LogP contribution in [0.4, 0.5) is 0 Å². The van der Waals surface area contributed by atoms with Gasteiger partial charge in [0.25, 0.3) is 0 Å². The van der Waals surface area contributed by atoms with Crippen LogP contribution in [0.15, 0.2) is 82.0 Å². The van der Waals surface area contributed by atoms with Crippen LogP contribution in [-0.4, -0.2) is 5.97 Å². The minimum atomic E-state index is -0.421. The van der Waals surface area contributed by atoms with Crippen molar-refractivity contribution in [2.75, 3.05) is 0 Å². The molecule has 28 heavy (non-hydrogen) atoms. The highest BCUT2D eigenvalue weighted by molar-refractivity contribution is 5.93. The normalized spacial score (nSPS) is 10.8. The molecule has 0 aliphatic heterocycles. The minimum Gasteiger partial charge on any atom is -0.423 e. The topological polar surface area (TPSA) is 56.5 Å². The number of aryl methyl sites for hydroxylation is 2. The molecule has 4 rings (SSSR count). The summed E-state index contributed by atoms with van der Waals surface area (Å²) in [6.07, 6.45) is 0. The molecule has 0 spiro atoms. The SMILES string of the molecule is Cc1ccccc1C(=O)Oc1ccc2oc(=O)c(-c3ccccc3)c(C)c2c1. The quantitative estimate of drug-likeness (QED) is 0.279. The van der Waals surface area contributed by atoms with Crippen molar-refractivity contribution in [3.63, 3.8) is 0 Å². The van der Waals surface area contributed by atoms with Gasteiger partial charge in [-0.3, -0.25) is 0 Å². The Morgan fingerprint density at radius 2 is 1.61 bits per heavy atom. The molecule has 0 amide bonds. The van der Waals surface area contributed by atoms with Gasteiger partial charge in [-0.1, -0.05) is 48.5 Å². The van der Waals surface area contributed by atoms with E-state index in [0.717, 1.165) is 22.1 Å². The first kappa shape index (κ1) is 17.7. The summed E-state index contributed by atoms with van der Waals surface area (Å²) in [5, 5.41) is 0.730. The molecule has 0 aliphatic rings. The molecule has 0 aliphatic carbocycles. The summed E-state index contributed by atoms with van der Waals surface area (Å²) in [5.41, 5.74) is 3.52. The number of hydrogen-bond donors (Lipinski definition) is 0. The Morgan fingerprint density at radius 3 is 2.36 bits per heavy atom. The van der Waals surface area contributed by atoms with E-state index >= 15 is 0 Å². The summed E-state index contributed by atoms with van der Waals surface area (Å²) in [4.78, 5) is 25.0. The summed E-state index contributed by atoms with van der Waals surface area (Å²) >= 11 is 0. The zero-order valence-electron chi connectivity index (χ0n) is 15.6. The molecule has 0 saturated carbocycles. The van der Waals surface area contributed by atoms with E-state index in [4.69, 9.17) is 9.15 Å². The van der Waals surface area contributed by atoms with E-state index in [1.165, 1.54) is 0 Å². The standard InChI is InChI=1S/C24H18O4/c1-15-8-6-7-11-19(15)23(25)27-18-12-13-21-20(14-18)16(2)22(24(26)28-21)17-9-4-3-5-10-17/h3-14H,1-2H3. The lowest BCUT2D eigenvalue weighted by atomic mass is 9.99. The minimum absolute atomic E-state index is 0.388. The molecule has 0 N–H and O–H groups in total. The van der Waals surface area contributed by atoms with Gasteiger partial charge in [0.1, 0.15) is 11.3 Å². The van der Waals surface area contributed by atoms with E-state index in [2.05, 4.69) is 0 Å². The van der Waals surface area contributed by atoms with Gasteiger partial charge in [-0.15, -0.1) is 0 Å². The summed E-state index contributed by atoms with van der Waals surface area (Å²) in [6, 6.07) is 21.7. The fourth-order valence-electron chi connectivity index (χ4n) is 3.30. The van der Waals surface area contributed by atoms with Gasteiger partial charge in [0.05, 0.1) is 11.1 Å². The molecule has 0 bridgehead atoms. The number of hydrogen-bond acceptors (Lipinski definition) is 4. The molecule has 0 atom stereocenters. The maximum absolute atomic E-state index is 12.5. The van der Waals surface area contributed by atoms with Crippen LogP contribution in [-0.2, 0) is 0 Å². The predicted molar refractivity (Wildman–Crippen MR) is 109 cm³/mol. The van der Waals surface area contributed by atoms with Crippen LogP contribution in [0.1, 0.15) is 21.5 Å². The molecule has 3 aromatic carbocycles. The van der Waals surface area contributed by atoms with Crippen LogP contribution in [0.2, 0.25) is 0 Å². The van der Waals surface area contributed by atoms with E-state index in [1.54, 1.807) is 30.3 Å². The van der Waals surface area contributed by atoms with Gasteiger partial charge in [0.2, 0.25) is 0 Å². The maximum Gasteiger partial charge on any atom is 0.344 e. The van der Waals surface area contributed by atoms with Crippen LogP contribution in [0, 0.1) is 13.8 Å². The largest absolute Gasteiger partial charge is 0.423 e. The molecule has 0 saturated heterocycles. The highest BCUT2D eigenvalue weighted by Crippen LogP contribution is 2.29. The lowest BCUT2D eigenvalue weighted by Gasteiger charge is -2.10. The molecule has 4 aromatic rings. The van der Waals surface area contributed by atoms with Crippen molar-refractivity contribution < 1.29 is 13.9 Å². The average molecular weight is 370 g/mol. The molecule has 0 fully saturated rings. The highest BCUT2D eigenvalue weighted by atomic mass is 16.5. The first-order valence-electron chi connectivity index (χ1n) is 8.95. The van der Waals surface area contributed by atoms with Crippen molar-refractivity contribution >= 4 is 16.9 Å². The molecule has 0 unspecified atom stereocenters. The lowest BCUT2D eigenvalue weighted by molar-refractivity contribution is 0.0734. The molecular formula is C24H18O4. The fraction of sp³-hybridized carbons (Fsp3) is 0.0833. The Morgan fingerprint density at radius 1 is 0.893 bits per heavy atom. The van der Waals surface area contributed by atoms with Gasteiger partial charge >= 0.3 is 11.6 Å². The first-order chi connectivity index (χ1) is 13.5. The number of benzene rings is 3. The Balaban J connectivity index is 1.78. The van der Waals surface area contributed by atoms with Crippen molar-refractivity contribution in [2.24, 2.45) is 0 Å². The third-order valence-electron chi connectivity index (χ3n) is 4.77. The monoisotopic (exact) mass is 370 g/mol. The van der Waals surface area contributed by atoms with E-state index < -0.39 is 5.97 Å². The number of carbonyl (C=O) groups is 1. The molecule has 138 valence electrons. The fourth-order valence-corrected chi connectivity index (χ4v) is 3.30. The summed E-state index contributed by atoms with van der Waals surface area (Å²) < 4.78 is 11.1. The van der Waals surface area contributed by atoms with Gasteiger partial charge in [-0.05, 0) is 54.8 Å². The van der Waals surface area contributed by atoms with Crippen LogP contribution in [0.5, 0.6) is 5.75 Å². The smallest absolute Gasteiger partial charge is 0.344 e. The molecule has 4 nitrogen and oxygen atoms in total. The lowest BCUT2D eigenvalue weighted by Crippen LogP contribution is -2.10. The number of ether oxygens (including phenoxy) is 1. The van der Waals surface area contributed by atoms with Gasteiger partial charge in [-0.2, -0.15) is 0 Å². The van der Waals surface area contributed by atoms with Crippen molar-refractivity contribution in [3.05, 3.63) is 99.9 Å². The molecule has 1 heterocycles. The summed E-state index contributed by atoms with van der Waals surface area (Å²) in [7, 11) is 0. The van der Waals surface area contributed by atoms with Crippen LogP contribution in [0.3, 0.4) is 0 Å². The van der Waals surface area contributed by atoms with E-state index in [-0.39, 0.29) is 5.63 Å². The summed E-state index contributed by atoms with van der Waals surface area (Å²) in [5.74, 6) is -0.0208. The Kier molecular flexibility index (Phi) is 4.53. The van der Waals surface area contributed by atoms with Crippen molar-refractivity contribution in [3.8, 4) is 16.9 Å². The number of fused-ring (bicyclic) bond motifs is 1. The highest BCUT2D eigenvalue weighted by Gasteiger charge is 2.16. The van der Waals surface area contributed by atoms with Gasteiger partial charge in [0, 0.05) is 5.39 Å². The third-order valence-corrected chi connectivity index (χ3v) is 4.77. The Bertz CT molecular complexity index is 1240. The maximum atomic E-state index is 12.5. The zero-order chi connectivity index (χ0) is 19.7. The number of rotatable bonds is 3. The van der Waals surface area contributed by atoms with E-state index in [0.29, 0.717) is 22.5 Å². The Labute approximate surface area is 162 Å². The van der Waals surface area contributed by atoms with Crippen LogP contribution in [0.25, 0.3) is 22.1 Å². The van der Waals surface area contributed by atoms with Crippen LogP contribution >= 0.6 is 0 Å².